The van der Waals surface area contributed by atoms with E-state index in [0.717, 1.165) is 4.43 Å². The Morgan fingerprint density at radius 1 is 1.31 bits per heavy atom. The zero-order valence-corrected chi connectivity index (χ0v) is 11.9. The molecule has 1 aromatic carbocycles. The monoisotopic (exact) mass is 330 g/mol. The molecule has 2 heteroatoms. The molecule has 0 aromatic heterocycles. The molecule has 0 radical (unpaired) electrons. The van der Waals surface area contributed by atoms with Gasteiger partial charge < -0.3 is 4.74 Å². The Morgan fingerprint density at radius 3 is 2.62 bits per heavy atom. The Balaban J connectivity index is 2.06. The highest BCUT2D eigenvalue weighted by molar-refractivity contribution is 14.1. The van der Waals surface area contributed by atoms with Gasteiger partial charge in [0.05, 0.1) is 12.2 Å². The molecule has 0 amide bonds. The predicted molar refractivity (Wildman–Crippen MR) is 76.1 cm³/mol. The van der Waals surface area contributed by atoms with Gasteiger partial charge in [0.25, 0.3) is 0 Å². The quantitative estimate of drug-likeness (QED) is 0.586. The van der Waals surface area contributed by atoms with Crippen molar-refractivity contribution in [2.45, 2.75) is 44.8 Å². The van der Waals surface area contributed by atoms with Crippen LogP contribution in [0, 0.1) is 6.92 Å². The SMILES string of the molecule is Cc1ccccc1C(CI)OC1CCCC1. The van der Waals surface area contributed by atoms with Crippen LogP contribution in [0.5, 0.6) is 0 Å². The minimum atomic E-state index is 0.282. The van der Waals surface area contributed by atoms with E-state index in [2.05, 4.69) is 53.8 Å². The van der Waals surface area contributed by atoms with Crippen molar-refractivity contribution in [2.75, 3.05) is 4.43 Å². The molecular weight excluding hydrogens is 311 g/mol. The number of hydrogen-bond acceptors (Lipinski definition) is 1. The highest BCUT2D eigenvalue weighted by Gasteiger charge is 2.21. The lowest BCUT2D eigenvalue weighted by Crippen LogP contribution is -2.15. The van der Waals surface area contributed by atoms with Gasteiger partial charge in [0, 0.05) is 4.43 Å². The maximum atomic E-state index is 6.22. The molecule has 1 atom stereocenters. The summed E-state index contributed by atoms with van der Waals surface area (Å²) in [5.41, 5.74) is 2.71. The first-order chi connectivity index (χ1) is 7.81. The summed E-state index contributed by atoms with van der Waals surface area (Å²) < 4.78 is 7.26. The lowest BCUT2D eigenvalue weighted by atomic mass is 10.0. The van der Waals surface area contributed by atoms with Crippen LogP contribution in [0.4, 0.5) is 0 Å². The lowest BCUT2D eigenvalue weighted by molar-refractivity contribution is 0.00496. The third-order valence-corrected chi connectivity index (χ3v) is 4.13. The zero-order valence-electron chi connectivity index (χ0n) is 9.79. The summed E-state index contributed by atoms with van der Waals surface area (Å²) in [4.78, 5) is 0. The van der Waals surface area contributed by atoms with Crippen LogP contribution in [0.1, 0.15) is 42.9 Å². The van der Waals surface area contributed by atoms with Crippen LogP contribution in [0.2, 0.25) is 0 Å². The Kier molecular flexibility index (Phi) is 4.65. The van der Waals surface area contributed by atoms with Crippen molar-refractivity contribution in [1.82, 2.24) is 0 Å². The average Bonchev–Trinajstić information content (AvgIpc) is 2.80. The first kappa shape index (κ1) is 12.4. The van der Waals surface area contributed by atoms with Gasteiger partial charge in [0.15, 0.2) is 0 Å². The van der Waals surface area contributed by atoms with Gasteiger partial charge in [-0.25, -0.2) is 0 Å². The molecule has 0 heterocycles. The normalized spacial score (nSPS) is 18.9. The highest BCUT2D eigenvalue weighted by Crippen LogP contribution is 2.30. The minimum Gasteiger partial charge on any atom is -0.369 e. The van der Waals surface area contributed by atoms with Gasteiger partial charge in [0.2, 0.25) is 0 Å². The van der Waals surface area contributed by atoms with Crippen molar-refractivity contribution in [1.29, 1.82) is 0 Å². The fourth-order valence-corrected chi connectivity index (χ4v) is 3.08. The second-order valence-electron chi connectivity index (χ2n) is 4.54. The fourth-order valence-electron chi connectivity index (χ4n) is 2.40. The van der Waals surface area contributed by atoms with Crippen LogP contribution in [0.25, 0.3) is 0 Å². The Hall–Kier alpha value is -0.0900. The molecule has 0 saturated heterocycles. The molecule has 1 fully saturated rings. The van der Waals surface area contributed by atoms with Gasteiger partial charge in [-0.2, -0.15) is 0 Å². The van der Waals surface area contributed by atoms with Gasteiger partial charge in [-0.1, -0.05) is 59.7 Å². The van der Waals surface area contributed by atoms with Crippen molar-refractivity contribution in [3.8, 4) is 0 Å². The van der Waals surface area contributed by atoms with Gasteiger partial charge in [-0.05, 0) is 30.9 Å². The summed E-state index contributed by atoms with van der Waals surface area (Å²) in [5, 5.41) is 0. The number of rotatable bonds is 4. The number of halogens is 1. The smallest absolute Gasteiger partial charge is 0.0920 e. The molecule has 1 unspecified atom stereocenters. The number of alkyl halides is 1. The molecule has 1 aromatic rings. The van der Waals surface area contributed by atoms with Crippen LogP contribution in [0.15, 0.2) is 24.3 Å². The van der Waals surface area contributed by atoms with Gasteiger partial charge >= 0.3 is 0 Å². The molecule has 0 spiro atoms. The molecule has 0 aliphatic heterocycles. The Morgan fingerprint density at radius 2 is 2.00 bits per heavy atom. The van der Waals surface area contributed by atoms with Crippen molar-refractivity contribution in [3.05, 3.63) is 35.4 Å². The molecule has 0 N–H and O–H groups in total. The first-order valence-electron chi connectivity index (χ1n) is 6.08. The molecular formula is C14H19IO. The first-order valence-corrected chi connectivity index (χ1v) is 7.61. The van der Waals surface area contributed by atoms with Gasteiger partial charge in [-0.3, -0.25) is 0 Å². The van der Waals surface area contributed by atoms with E-state index in [1.165, 1.54) is 36.8 Å². The van der Waals surface area contributed by atoms with Crippen molar-refractivity contribution in [2.24, 2.45) is 0 Å². The summed E-state index contributed by atoms with van der Waals surface area (Å²) in [7, 11) is 0. The van der Waals surface area contributed by atoms with Crippen LogP contribution in [0.3, 0.4) is 0 Å². The molecule has 1 aliphatic carbocycles. The van der Waals surface area contributed by atoms with Crippen molar-refractivity contribution >= 4 is 22.6 Å². The lowest BCUT2D eigenvalue weighted by Gasteiger charge is -2.22. The van der Waals surface area contributed by atoms with E-state index in [9.17, 15) is 0 Å². The number of ether oxygens (including phenoxy) is 1. The van der Waals surface area contributed by atoms with E-state index in [1.54, 1.807) is 0 Å². The summed E-state index contributed by atoms with van der Waals surface area (Å²) in [6, 6.07) is 8.58. The topological polar surface area (TPSA) is 9.23 Å². The second kappa shape index (κ2) is 6.01. The molecule has 2 rings (SSSR count). The van der Waals surface area contributed by atoms with Crippen LogP contribution in [-0.4, -0.2) is 10.5 Å². The van der Waals surface area contributed by atoms with E-state index in [4.69, 9.17) is 4.74 Å². The van der Waals surface area contributed by atoms with Crippen LogP contribution >= 0.6 is 22.6 Å². The fraction of sp³-hybridized carbons (Fsp3) is 0.571. The van der Waals surface area contributed by atoms with Gasteiger partial charge in [-0.15, -0.1) is 0 Å². The van der Waals surface area contributed by atoms with Crippen molar-refractivity contribution in [3.63, 3.8) is 0 Å². The largest absolute Gasteiger partial charge is 0.369 e. The molecule has 1 aliphatic rings. The molecule has 88 valence electrons. The standard InChI is InChI=1S/C14H19IO/c1-11-6-2-5-9-13(11)14(10-15)16-12-7-3-4-8-12/h2,5-6,9,12,14H,3-4,7-8,10H2,1H3. The average molecular weight is 330 g/mol. The van der Waals surface area contributed by atoms with Crippen LogP contribution < -0.4 is 0 Å². The number of benzene rings is 1. The maximum absolute atomic E-state index is 6.22. The Bertz CT molecular complexity index is 331. The van der Waals surface area contributed by atoms with Gasteiger partial charge in [0.1, 0.15) is 0 Å². The maximum Gasteiger partial charge on any atom is 0.0920 e. The predicted octanol–water partition coefficient (Wildman–Crippen LogP) is 4.43. The summed E-state index contributed by atoms with van der Waals surface area (Å²) in [6.07, 6.45) is 5.96. The minimum absolute atomic E-state index is 0.282. The van der Waals surface area contributed by atoms with Crippen molar-refractivity contribution < 1.29 is 4.74 Å². The zero-order chi connectivity index (χ0) is 11.4. The number of aryl methyl sites for hydroxylation is 1. The third kappa shape index (κ3) is 2.98. The molecule has 16 heavy (non-hydrogen) atoms. The number of hydrogen-bond donors (Lipinski definition) is 0. The van der Waals surface area contributed by atoms with E-state index in [0.29, 0.717) is 6.10 Å². The van der Waals surface area contributed by atoms with E-state index in [1.807, 2.05) is 0 Å². The molecule has 1 nitrogen and oxygen atoms in total. The second-order valence-corrected chi connectivity index (χ2v) is 5.42. The van der Waals surface area contributed by atoms with E-state index >= 15 is 0 Å². The third-order valence-electron chi connectivity index (χ3n) is 3.33. The Labute approximate surface area is 112 Å². The summed E-state index contributed by atoms with van der Waals surface area (Å²) in [5.74, 6) is 0. The molecule has 0 bridgehead atoms. The summed E-state index contributed by atoms with van der Waals surface area (Å²) in [6.45, 7) is 2.17. The van der Waals surface area contributed by atoms with E-state index in [-0.39, 0.29) is 6.10 Å². The molecule has 1 saturated carbocycles. The highest BCUT2D eigenvalue weighted by atomic mass is 127. The summed E-state index contributed by atoms with van der Waals surface area (Å²) >= 11 is 2.43. The van der Waals surface area contributed by atoms with E-state index < -0.39 is 0 Å². The van der Waals surface area contributed by atoms with Crippen LogP contribution in [-0.2, 0) is 4.74 Å².